The molecule has 1 fully saturated rings. The number of nitrogens with zero attached hydrogens (tertiary/aromatic N) is 3. The number of piperidine rings is 1. The van der Waals surface area contributed by atoms with E-state index in [1.807, 2.05) is 0 Å². The van der Waals surface area contributed by atoms with Gasteiger partial charge >= 0.3 is 0 Å². The zero-order chi connectivity index (χ0) is 16.7. The van der Waals surface area contributed by atoms with Crippen LogP contribution in [0, 0.1) is 5.92 Å². The van der Waals surface area contributed by atoms with E-state index in [2.05, 4.69) is 14.9 Å². The third kappa shape index (κ3) is 2.56. The number of aryl methyl sites for hydroxylation is 1. The summed E-state index contributed by atoms with van der Waals surface area (Å²) in [4.78, 5) is 11.5. The number of benzene rings is 1. The number of aliphatic hydroxyl groups is 1. The van der Waals surface area contributed by atoms with Crippen LogP contribution in [-0.2, 0) is 16.3 Å². The number of sulfone groups is 1. The minimum atomic E-state index is -3.16. The number of rotatable bonds is 3. The third-order valence-electron chi connectivity index (χ3n) is 5.26. The zero-order valence-electron chi connectivity index (χ0n) is 13.5. The minimum Gasteiger partial charge on any atom is -0.396 e. The van der Waals surface area contributed by atoms with E-state index in [-0.39, 0.29) is 12.4 Å². The summed E-state index contributed by atoms with van der Waals surface area (Å²) in [5, 5.41) is 10.0. The Morgan fingerprint density at radius 3 is 2.75 bits per heavy atom. The summed E-state index contributed by atoms with van der Waals surface area (Å²) < 4.78 is 24.4. The second kappa shape index (κ2) is 5.97. The number of hydrogen-bond donors (Lipinski definition) is 1. The van der Waals surface area contributed by atoms with Crippen LogP contribution >= 0.6 is 0 Å². The van der Waals surface area contributed by atoms with Gasteiger partial charge in [0.2, 0.25) is 0 Å². The van der Waals surface area contributed by atoms with Crippen molar-refractivity contribution < 1.29 is 13.5 Å². The van der Waals surface area contributed by atoms with Crippen molar-refractivity contribution in [3.05, 3.63) is 24.0 Å². The van der Waals surface area contributed by atoms with Gasteiger partial charge in [-0.05, 0) is 49.3 Å². The smallest absolute Gasteiger partial charge is 0.179 e. The van der Waals surface area contributed by atoms with E-state index in [4.69, 9.17) is 5.11 Å². The SMILES string of the molecule is O=S1(=O)CCc2c1ccc1ncnc(N3CCC(CCO)CC3)c21. The molecule has 0 spiro atoms. The Kier molecular flexibility index (Phi) is 3.92. The first kappa shape index (κ1) is 15.8. The average molecular weight is 347 g/mol. The quantitative estimate of drug-likeness (QED) is 0.907. The van der Waals surface area contributed by atoms with Crippen LogP contribution in [0.5, 0.6) is 0 Å². The number of fused-ring (bicyclic) bond motifs is 3. The predicted octanol–water partition coefficient (Wildman–Crippen LogP) is 1.56. The molecule has 1 N–H and O–H groups in total. The van der Waals surface area contributed by atoms with E-state index >= 15 is 0 Å². The number of aliphatic hydroxyl groups excluding tert-OH is 1. The summed E-state index contributed by atoms with van der Waals surface area (Å²) in [5.74, 6) is 1.59. The fraction of sp³-hybridized carbons (Fsp3) is 0.529. The molecule has 0 aliphatic carbocycles. The van der Waals surface area contributed by atoms with Crippen molar-refractivity contribution in [1.29, 1.82) is 0 Å². The van der Waals surface area contributed by atoms with Gasteiger partial charge < -0.3 is 10.0 Å². The standard InChI is InChI=1S/C17H21N3O3S/c21-9-5-12-3-7-20(8-4-12)17-16-13-6-10-24(22,23)15(13)2-1-14(16)18-11-19-17/h1-2,11-12,21H,3-10H2. The highest BCUT2D eigenvalue weighted by Crippen LogP contribution is 2.37. The first-order valence-corrected chi connectivity index (χ1v) is 10.1. The Labute approximate surface area is 141 Å². The molecule has 0 amide bonds. The molecule has 2 aromatic rings. The van der Waals surface area contributed by atoms with Crippen molar-refractivity contribution in [2.45, 2.75) is 30.6 Å². The van der Waals surface area contributed by atoms with E-state index < -0.39 is 9.84 Å². The van der Waals surface area contributed by atoms with Gasteiger partial charge in [-0.3, -0.25) is 0 Å². The van der Waals surface area contributed by atoms with Crippen LogP contribution in [0.3, 0.4) is 0 Å². The zero-order valence-corrected chi connectivity index (χ0v) is 14.3. The molecule has 4 rings (SSSR count). The molecule has 2 aliphatic rings. The maximum atomic E-state index is 12.2. The molecule has 0 radical (unpaired) electrons. The van der Waals surface area contributed by atoms with Crippen LogP contribution in [-0.4, -0.2) is 48.9 Å². The molecule has 1 aromatic heterocycles. The number of anilines is 1. The Morgan fingerprint density at radius 2 is 2.00 bits per heavy atom. The summed E-state index contributed by atoms with van der Waals surface area (Å²) >= 11 is 0. The van der Waals surface area contributed by atoms with E-state index in [1.54, 1.807) is 18.5 Å². The predicted molar refractivity (Wildman–Crippen MR) is 91.9 cm³/mol. The van der Waals surface area contributed by atoms with E-state index in [9.17, 15) is 8.42 Å². The summed E-state index contributed by atoms with van der Waals surface area (Å²) in [6, 6.07) is 3.48. The van der Waals surface area contributed by atoms with Crippen molar-refractivity contribution >= 4 is 26.6 Å². The van der Waals surface area contributed by atoms with Crippen molar-refractivity contribution in [1.82, 2.24) is 9.97 Å². The van der Waals surface area contributed by atoms with Gasteiger partial charge in [0.25, 0.3) is 0 Å². The molecule has 0 atom stereocenters. The lowest BCUT2D eigenvalue weighted by molar-refractivity contribution is 0.240. The molecule has 2 aliphatic heterocycles. The summed E-state index contributed by atoms with van der Waals surface area (Å²) in [6.07, 6.45) is 5.01. The molecule has 128 valence electrons. The van der Waals surface area contributed by atoms with Gasteiger partial charge in [-0.15, -0.1) is 0 Å². The van der Waals surface area contributed by atoms with Crippen LogP contribution in [0.15, 0.2) is 23.4 Å². The maximum absolute atomic E-state index is 12.2. The highest BCUT2D eigenvalue weighted by molar-refractivity contribution is 7.91. The number of hydrogen-bond acceptors (Lipinski definition) is 6. The van der Waals surface area contributed by atoms with Gasteiger partial charge in [-0.25, -0.2) is 18.4 Å². The molecule has 3 heterocycles. The van der Waals surface area contributed by atoms with E-state index in [0.29, 0.717) is 17.2 Å². The van der Waals surface area contributed by atoms with Gasteiger partial charge in [0.15, 0.2) is 9.84 Å². The Balaban J connectivity index is 1.76. The topological polar surface area (TPSA) is 83.4 Å². The Morgan fingerprint density at radius 1 is 1.21 bits per heavy atom. The molecule has 0 unspecified atom stereocenters. The molecule has 0 bridgehead atoms. The molecule has 1 aromatic carbocycles. The highest BCUT2D eigenvalue weighted by atomic mass is 32.2. The lowest BCUT2D eigenvalue weighted by Gasteiger charge is -2.33. The van der Waals surface area contributed by atoms with Gasteiger partial charge in [-0.1, -0.05) is 0 Å². The van der Waals surface area contributed by atoms with Crippen molar-refractivity contribution in [3.63, 3.8) is 0 Å². The van der Waals surface area contributed by atoms with Crippen molar-refractivity contribution in [2.24, 2.45) is 5.92 Å². The lowest BCUT2D eigenvalue weighted by atomic mass is 9.93. The van der Waals surface area contributed by atoms with Gasteiger partial charge in [-0.2, -0.15) is 0 Å². The largest absolute Gasteiger partial charge is 0.396 e. The van der Waals surface area contributed by atoms with Crippen LogP contribution in [0.4, 0.5) is 5.82 Å². The molecule has 6 nitrogen and oxygen atoms in total. The first-order valence-electron chi connectivity index (χ1n) is 8.45. The molecule has 1 saturated heterocycles. The molecule has 0 saturated carbocycles. The second-order valence-corrected chi connectivity index (χ2v) is 8.72. The van der Waals surface area contributed by atoms with E-state index in [1.165, 1.54) is 0 Å². The van der Waals surface area contributed by atoms with Crippen molar-refractivity contribution in [3.8, 4) is 0 Å². The van der Waals surface area contributed by atoms with Crippen molar-refractivity contribution in [2.75, 3.05) is 30.3 Å². The number of aromatic nitrogens is 2. The van der Waals surface area contributed by atoms with E-state index in [0.717, 1.165) is 54.6 Å². The van der Waals surface area contributed by atoms with Gasteiger partial charge in [0.05, 0.1) is 16.2 Å². The molecular formula is C17H21N3O3S. The van der Waals surface area contributed by atoms with Crippen LogP contribution in [0.2, 0.25) is 0 Å². The summed E-state index contributed by atoms with van der Waals surface area (Å²) in [7, 11) is -3.16. The normalized spacial score (nSPS) is 20.5. The van der Waals surface area contributed by atoms with Gasteiger partial charge in [0, 0.05) is 25.1 Å². The fourth-order valence-electron chi connectivity index (χ4n) is 3.93. The van der Waals surface area contributed by atoms with Crippen LogP contribution in [0.25, 0.3) is 10.9 Å². The second-order valence-electron chi connectivity index (χ2n) is 6.65. The van der Waals surface area contributed by atoms with Gasteiger partial charge in [0.1, 0.15) is 12.1 Å². The molecule has 7 heteroatoms. The van der Waals surface area contributed by atoms with Crippen LogP contribution in [0.1, 0.15) is 24.8 Å². The summed E-state index contributed by atoms with van der Waals surface area (Å²) in [6.45, 7) is 2.01. The maximum Gasteiger partial charge on any atom is 0.179 e. The average Bonchev–Trinajstić information content (AvgIpc) is 2.91. The highest BCUT2D eigenvalue weighted by Gasteiger charge is 2.30. The Bertz CT molecular complexity index is 874. The lowest BCUT2D eigenvalue weighted by Crippen LogP contribution is -2.34. The Hall–Kier alpha value is -1.73. The third-order valence-corrected chi connectivity index (χ3v) is 7.05. The summed E-state index contributed by atoms with van der Waals surface area (Å²) in [5.41, 5.74) is 1.69. The monoisotopic (exact) mass is 347 g/mol. The first-order chi connectivity index (χ1) is 11.6. The molecular weight excluding hydrogens is 326 g/mol. The fourth-order valence-corrected chi connectivity index (χ4v) is 5.47. The minimum absolute atomic E-state index is 0.175. The van der Waals surface area contributed by atoms with Crippen LogP contribution < -0.4 is 4.90 Å². The molecule has 24 heavy (non-hydrogen) atoms.